The molecule has 0 saturated carbocycles. The van der Waals surface area contributed by atoms with Gasteiger partial charge in [0.2, 0.25) is 0 Å². The van der Waals surface area contributed by atoms with Crippen LogP contribution in [0.2, 0.25) is 0 Å². The maximum absolute atomic E-state index is 12.9. The molecule has 180 valence electrons. The van der Waals surface area contributed by atoms with Crippen molar-refractivity contribution in [2.75, 3.05) is 26.2 Å². The van der Waals surface area contributed by atoms with Gasteiger partial charge < -0.3 is 24.5 Å². The Morgan fingerprint density at radius 1 is 1.12 bits per heavy atom. The molecule has 33 heavy (non-hydrogen) atoms. The zero-order chi connectivity index (χ0) is 24.3. The minimum atomic E-state index is -5.08. The fraction of sp³-hybridized carbons (Fsp3) is 0.478. The Morgan fingerprint density at radius 2 is 1.73 bits per heavy atom. The summed E-state index contributed by atoms with van der Waals surface area (Å²) in [4.78, 5) is 24.2. The number of nitrogens with one attached hydrogen (secondary N) is 1. The molecule has 1 fully saturated rings. The second-order valence-electron chi connectivity index (χ2n) is 8.41. The standard InChI is InChI=1S/C21H28N4O.C2HF3O2/c1-15(2)25-19(21(26)22-10-13-24-11-6-7-12-24)14-18-20(25)16-8-4-5-9-17(16)23(18)3;3-2(4,5)1(6)7/h4-5,8-9,14-15H,6-7,10-13H2,1-3H3,(H,22,26);(H,6,7). The number of amides is 1. The van der Waals surface area contributed by atoms with Crippen LogP contribution < -0.4 is 5.32 Å². The van der Waals surface area contributed by atoms with Gasteiger partial charge in [-0.15, -0.1) is 0 Å². The molecule has 2 aromatic heterocycles. The number of benzene rings is 1. The predicted octanol–water partition coefficient (Wildman–Crippen LogP) is 4.17. The second-order valence-corrected chi connectivity index (χ2v) is 8.41. The van der Waals surface area contributed by atoms with Crippen LogP contribution in [0.15, 0.2) is 30.3 Å². The molecule has 4 rings (SSSR count). The predicted molar refractivity (Wildman–Crippen MR) is 120 cm³/mol. The van der Waals surface area contributed by atoms with Crippen molar-refractivity contribution < 1.29 is 27.9 Å². The van der Waals surface area contributed by atoms with Crippen molar-refractivity contribution in [3.05, 3.63) is 36.0 Å². The molecule has 1 aliphatic rings. The highest BCUT2D eigenvalue weighted by Crippen LogP contribution is 2.33. The van der Waals surface area contributed by atoms with Crippen molar-refractivity contribution in [1.29, 1.82) is 0 Å². The molecule has 0 atom stereocenters. The smallest absolute Gasteiger partial charge is 0.475 e. The molecule has 0 unspecified atom stereocenters. The molecule has 1 saturated heterocycles. The fourth-order valence-corrected chi connectivity index (χ4v) is 4.27. The molecule has 3 heterocycles. The zero-order valence-corrected chi connectivity index (χ0v) is 18.9. The number of hydrogen-bond acceptors (Lipinski definition) is 3. The van der Waals surface area contributed by atoms with Gasteiger partial charge in [-0.25, -0.2) is 4.79 Å². The lowest BCUT2D eigenvalue weighted by molar-refractivity contribution is -0.192. The highest BCUT2D eigenvalue weighted by molar-refractivity contribution is 6.10. The number of halogens is 3. The van der Waals surface area contributed by atoms with Gasteiger partial charge >= 0.3 is 12.1 Å². The van der Waals surface area contributed by atoms with E-state index in [-0.39, 0.29) is 11.9 Å². The van der Waals surface area contributed by atoms with Crippen LogP contribution in [0.4, 0.5) is 13.2 Å². The summed E-state index contributed by atoms with van der Waals surface area (Å²) in [6, 6.07) is 10.7. The molecule has 10 heteroatoms. The van der Waals surface area contributed by atoms with Crippen molar-refractivity contribution in [2.24, 2.45) is 7.05 Å². The third-order valence-corrected chi connectivity index (χ3v) is 5.80. The summed E-state index contributed by atoms with van der Waals surface area (Å²) in [5.41, 5.74) is 4.23. The molecule has 2 N–H and O–H groups in total. The summed E-state index contributed by atoms with van der Waals surface area (Å²) in [6.07, 6.45) is -2.52. The lowest BCUT2D eigenvalue weighted by atomic mass is 10.2. The summed E-state index contributed by atoms with van der Waals surface area (Å²) < 4.78 is 36.1. The molecule has 1 amide bonds. The summed E-state index contributed by atoms with van der Waals surface area (Å²) in [5.74, 6) is -2.73. The number of hydrogen-bond donors (Lipinski definition) is 2. The van der Waals surface area contributed by atoms with E-state index in [0.29, 0.717) is 6.54 Å². The Labute approximate surface area is 189 Å². The number of carbonyl (C=O) groups is 2. The van der Waals surface area contributed by atoms with Crippen molar-refractivity contribution in [3.8, 4) is 0 Å². The van der Waals surface area contributed by atoms with E-state index < -0.39 is 12.1 Å². The van der Waals surface area contributed by atoms with E-state index in [1.165, 1.54) is 23.7 Å². The molecule has 0 aliphatic carbocycles. The van der Waals surface area contributed by atoms with Crippen molar-refractivity contribution in [1.82, 2.24) is 19.4 Å². The Bertz CT molecular complexity index is 1140. The van der Waals surface area contributed by atoms with Crippen LogP contribution in [-0.4, -0.2) is 63.4 Å². The van der Waals surface area contributed by atoms with Crippen LogP contribution in [0.5, 0.6) is 0 Å². The van der Waals surface area contributed by atoms with E-state index in [2.05, 4.69) is 64.5 Å². The molecular formula is C23H29F3N4O3. The van der Waals surface area contributed by atoms with Gasteiger partial charge in [0.25, 0.3) is 5.91 Å². The number of para-hydroxylation sites is 1. The summed E-state index contributed by atoms with van der Waals surface area (Å²) in [5, 5.41) is 11.5. The van der Waals surface area contributed by atoms with Gasteiger partial charge in [0.1, 0.15) is 5.69 Å². The fourth-order valence-electron chi connectivity index (χ4n) is 4.27. The number of rotatable bonds is 5. The van der Waals surface area contributed by atoms with Crippen LogP contribution in [0.1, 0.15) is 43.2 Å². The molecule has 0 radical (unpaired) electrons. The number of likely N-dealkylation sites (tertiary alicyclic amines) is 1. The Hall–Kier alpha value is -3.01. The lowest BCUT2D eigenvalue weighted by Crippen LogP contribution is -2.34. The van der Waals surface area contributed by atoms with Crippen molar-refractivity contribution in [3.63, 3.8) is 0 Å². The number of aryl methyl sites for hydroxylation is 1. The number of aliphatic carboxylic acids is 1. The maximum atomic E-state index is 12.9. The van der Waals surface area contributed by atoms with Crippen LogP contribution in [0, 0.1) is 0 Å². The minimum Gasteiger partial charge on any atom is -0.475 e. The first kappa shape index (κ1) is 24.6. The second kappa shape index (κ2) is 9.86. The molecule has 0 spiro atoms. The summed E-state index contributed by atoms with van der Waals surface area (Å²) in [7, 11) is 2.07. The molecule has 3 aromatic rings. The largest absolute Gasteiger partial charge is 0.490 e. The maximum Gasteiger partial charge on any atom is 0.490 e. The number of carboxylic acid groups (broad SMARTS) is 1. The van der Waals surface area contributed by atoms with E-state index in [4.69, 9.17) is 9.90 Å². The normalized spacial score (nSPS) is 14.6. The van der Waals surface area contributed by atoms with Gasteiger partial charge in [0.15, 0.2) is 0 Å². The van der Waals surface area contributed by atoms with E-state index >= 15 is 0 Å². The molecular weight excluding hydrogens is 437 g/mol. The first-order chi connectivity index (χ1) is 15.5. The quantitative estimate of drug-likeness (QED) is 0.592. The molecule has 1 aliphatic heterocycles. The van der Waals surface area contributed by atoms with Crippen molar-refractivity contribution >= 4 is 33.8 Å². The van der Waals surface area contributed by atoms with Crippen LogP contribution in [-0.2, 0) is 11.8 Å². The first-order valence-corrected chi connectivity index (χ1v) is 10.9. The van der Waals surface area contributed by atoms with Gasteiger partial charge in [-0.1, -0.05) is 18.2 Å². The summed E-state index contributed by atoms with van der Waals surface area (Å²) in [6.45, 7) is 8.25. The number of carbonyl (C=O) groups excluding carboxylic acids is 1. The monoisotopic (exact) mass is 466 g/mol. The number of alkyl halides is 3. The van der Waals surface area contributed by atoms with E-state index in [0.717, 1.165) is 36.4 Å². The summed E-state index contributed by atoms with van der Waals surface area (Å²) >= 11 is 0. The number of nitrogens with zero attached hydrogens (tertiary/aromatic N) is 3. The Kier molecular flexibility index (Phi) is 7.36. The highest BCUT2D eigenvalue weighted by Gasteiger charge is 2.38. The van der Waals surface area contributed by atoms with Gasteiger partial charge in [-0.05, 0) is 51.9 Å². The average Bonchev–Trinajstić information content (AvgIpc) is 3.45. The van der Waals surface area contributed by atoms with Crippen LogP contribution in [0.3, 0.4) is 0 Å². The molecule has 1 aromatic carbocycles. The Morgan fingerprint density at radius 3 is 2.30 bits per heavy atom. The highest BCUT2D eigenvalue weighted by atomic mass is 19.4. The average molecular weight is 467 g/mol. The molecule has 7 nitrogen and oxygen atoms in total. The van der Waals surface area contributed by atoms with E-state index in [1.54, 1.807) is 0 Å². The number of fused-ring (bicyclic) bond motifs is 3. The topological polar surface area (TPSA) is 79.5 Å². The van der Waals surface area contributed by atoms with Gasteiger partial charge in [0.05, 0.1) is 16.6 Å². The van der Waals surface area contributed by atoms with Crippen LogP contribution >= 0.6 is 0 Å². The van der Waals surface area contributed by atoms with Gasteiger partial charge in [0, 0.05) is 31.6 Å². The van der Waals surface area contributed by atoms with Gasteiger partial charge in [-0.3, -0.25) is 4.79 Å². The minimum absolute atomic E-state index is 0.0261. The van der Waals surface area contributed by atoms with Crippen LogP contribution in [0.25, 0.3) is 21.9 Å². The number of aromatic nitrogens is 2. The third kappa shape index (κ3) is 5.32. The first-order valence-electron chi connectivity index (χ1n) is 10.9. The molecule has 0 bridgehead atoms. The van der Waals surface area contributed by atoms with Crippen molar-refractivity contribution in [2.45, 2.75) is 38.9 Å². The lowest BCUT2D eigenvalue weighted by Gasteiger charge is -2.17. The SMILES string of the molecule is CC(C)n1c(C(=O)NCCN2CCCC2)cc2c1c1ccccc1n2C.O=C(O)C(F)(F)F. The number of carboxylic acids is 1. The Balaban J connectivity index is 0.000000383. The zero-order valence-electron chi connectivity index (χ0n) is 18.9. The van der Waals surface area contributed by atoms with Gasteiger partial charge in [-0.2, -0.15) is 13.2 Å². The van der Waals surface area contributed by atoms with E-state index in [1.807, 2.05) is 6.07 Å². The van der Waals surface area contributed by atoms with E-state index in [9.17, 15) is 18.0 Å². The third-order valence-electron chi connectivity index (χ3n) is 5.80.